The number of amides is 2. The van der Waals surface area contributed by atoms with Crippen LogP contribution in [0.5, 0.6) is 0 Å². The molecule has 0 rings (SSSR count). The third kappa shape index (κ3) is 11.9. The number of hydrogen-bond acceptors (Lipinski definition) is 2. The average Bonchev–Trinajstić information content (AvgIpc) is 2.81. The highest BCUT2D eigenvalue weighted by Gasteiger charge is 2.77. The van der Waals surface area contributed by atoms with E-state index in [1.165, 1.54) is 0 Å². The molecule has 10 heteroatoms. The van der Waals surface area contributed by atoms with Crippen LogP contribution < -0.4 is 10.6 Å². The SMILES string of the molecule is CCCCCCCCCCNC(=O)C(F)(F)C(F)(F)C(F)(F)C(=O)NCCCCCCCCCC. The maximum atomic E-state index is 14.0. The lowest BCUT2D eigenvalue weighted by atomic mass is 10.0. The van der Waals surface area contributed by atoms with Crippen molar-refractivity contribution in [2.24, 2.45) is 0 Å². The van der Waals surface area contributed by atoms with E-state index in [0.29, 0.717) is 12.8 Å². The molecule has 0 fully saturated rings. The van der Waals surface area contributed by atoms with E-state index in [0.717, 1.165) is 77.0 Å². The Morgan fingerprint density at radius 3 is 1.03 bits per heavy atom. The van der Waals surface area contributed by atoms with Crippen LogP contribution in [-0.4, -0.2) is 42.7 Å². The highest BCUT2D eigenvalue weighted by molar-refractivity contribution is 5.89. The van der Waals surface area contributed by atoms with Gasteiger partial charge >= 0.3 is 17.8 Å². The third-order valence-electron chi connectivity index (χ3n) is 5.99. The molecule has 0 saturated heterocycles. The number of unbranched alkanes of at least 4 members (excludes halogenated alkanes) is 14. The summed E-state index contributed by atoms with van der Waals surface area (Å²) in [6.45, 7) is 3.50. The maximum absolute atomic E-state index is 14.0. The summed E-state index contributed by atoms with van der Waals surface area (Å²) >= 11 is 0. The molecule has 0 heterocycles. The number of alkyl halides is 6. The van der Waals surface area contributed by atoms with Crippen molar-refractivity contribution in [2.75, 3.05) is 13.1 Å². The van der Waals surface area contributed by atoms with Crippen molar-refractivity contribution in [1.82, 2.24) is 10.6 Å². The van der Waals surface area contributed by atoms with Crippen molar-refractivity contribution < 1.29 is 35.9 Å². The van der Waals surface area contributed by atoms with Gasteiger partial charge in [-0.15, -0.1) is 0 Å². The Balaban J connectivity index is 4.44. The lowest BCUT2D eigenvalue weighted by Crippen LogP contribution is -2.65. The first-order valence-corrected chi connectivity index (χ1v) is 13.2. The summed E-state index contributed by atoms with van der Waals surface area (Å²) < 4.78 is 84.0. The molecule has 0 aromatic carbocycles. The molecule has 2 amide bonds. The van der Waals surface area contributed by atoms with E-state index in [1.54, 1.807) is 10.6 Å². The van der Waals surface area contributed by atoms with Gasteiger partial charge in [-0.2, -0.15) is 26.3 Å². The molecule has 0 aliphatic carbocycles. The summed E-state index contributed by atoms with van der Waals surface area (Å²) in [7, 11) is 0. The van der Waals surface area contributed by atoms with E-state index >= 15 is 0 Å². The van der Waals surface area contributed by atoms with Crippen LogP contribution in [0.25, 0.3) is 0 Å². The van der Waals surface area contributed by atoms with E-state index in [2.05, 4.69) is 13.8 Å². The Kier molecular flexibility index (Phi) is 17.1. The smallest absolute Gasteiger partial charge is 0.351 e. The summed E-state index contributed by atoms with van der Waals surface area (Å²) in [6.07, 6.45) is 13.9. The van der Waals surface area contributed by atoms with E-state index in [1.807, 2.05) is 0 Å². The molecule has 0 radical (unpaired) electrons. The van der Waals surface area contributed by atoms with Crippen molar-refractivity contribution in [3.8, 4) is 0 Å². The first kappa shape index (κ1) is 33.5. The van der Waals surface area contributed by atoms with Gasteiger partial charge in [-0.3, -0.25) is 9.59 Å². The van der Waals surface area contributed by atoms with Crippen LogP contribution in [0.3, 0.4) is 0 Å². The minimum absolute atomic E-state index is 0.261. The number of rotatable bonds is 22. The van der Waals surface area contributed by atoms with Crippen molar-refractivity contribution in [2.45, 2.75) is 134 Å². The predicted octanol–water partition coefficient (Wildman–Crippen LogP) is 7.41. The van der Waals surface area contributed by atoms with Gasteiger partial charge in [0.25, 0.3) is 11.8 Å². The Morgan fingerprint density at radius 1 is 0.486 bits per heavy atom. The normalized spacial score (nSPS) is 12.6. The molecule has 0 unspecified atom stereocenters. The van der Waals surface area contributed by atoms with Crippen LogP contribution in [0, 0.1) is 0 Å². The van der Waals surface area contributed by atoms with Crippen molar-refractivity contribution in [3.63, 3.8) is 0 Å². The number of carbonyl (C=O) groups excluding carboxylic acids is 2. The molecule has 0 bridgehead atoms. The van der Waals surface area contributed by atoms with Crippen molar-refractivity contribution >= 4 is 11.8 Å². The molecule has 208 valence electrons. The second kappa shape index (κ2) is 17.9. The molecule has 4 nitrogen and oxygen atoms in total. The summed E-state index contributed by atoms with van der Waals surface area (Å²) in [5.74, 6) is -22.7. The van der Waals surface area contributed by atoms with Crippen molar-refractivity contribution in [1.29, 1.82) is 0 Å². The standard InChI is InChI=1S/C25H44F6N2O2/c1-3-5-7-9-11-13-15-17-19-32-21(34)23(26,27)25(30,31)24(28,29)22(35)33-20-18-16-14-12-10-8-6-4-2/h3-20H2,1-2H3,(H,32,34)(H,33,35). The van der Waals surface area contributed by atoms with Crippen LogP contribution in [-0.2, 0) is 9.59 Å². The van der Waals surface area contributed by atoms with E-state index in [9.17, 15) is 35.9 Å². The van der Waals surface area contributed by atoms with Gasteiger partial charge in [-0.25, -0.2) is 0 Å². The third-order valence-corrected chi connectivity index (χ3v) is 5.99. The molecule has 0 aromatic rings. The molecule has 0 saturated carbocycles. The molecule has 2 N–H and O–H groups in total. The molecule has 0 aromatic heterocycles. The van der Waals surface area contributed by atoms with Gasteiger partial charge < -0.3 is 10.6 Å². The van der Waals surface area contributed by atoms with Gasteiger partial charge in [0.15, 0.2) is 0 Å². The van der Waals surface area contributed by atoms with E-state index in [-0.39, 0.29) is 25.9 Å². The summed E-state index contributed by atoms with van der Waals surface area (Å²) in [5, 5.41) is 3.20. The van der Waals surface area contributed by atoms with E-state index in [4.69, 9.17) is 0 Å². The fourth-order valence-corrected chi connectivity index (χ4v) is 3.63. The Morgan fingerprint density at radius 2 is 0.743 bits per heavy atom. The van der Waals surface area contributed by atoms with E-state index < -0.39 is 29.6 Å². The van der Waals surface area contributed by atoms with Crippen LogP contribution >= 0.6 is 0 Å². The number of carbonyl (C=O) groups is 2. The lowest BCUT2D eigenvalue weighted by molar-refractivity contribution is -0.287. The van der Waals surface area contributed by atoms with Crippen molar-refractivity contribution in [3.05, 3.63) is 0 Å². The van der Waals surface area contributed by atoms with Gasteiger partial charge in [0.1, 0.15) is 0 Å². The van der Waals surface area contributed by atoms with Gasteiger partial charge in [0.05, 0.1) is 0 Å². The second-order valence-electron chi connectivity index (χ2n) is 9.18. The minimum atomic E-state index is -6.17. The summed E-state index contributed by atoms with van der Waals surface area (Å²) in [5.41, 5.74) is 0. The highest BCUT2D eigenvalue weighted by Crippen LogP contribution is 2.46. The Hall–Kier alpha value is -1.48. The fourth-order valence-electron chi connectivity index (χ4n) is 3.63. The molecular weight excluding hydrogens is 474 g/mol. The maximum Gasteiger partial charge on any atom is 0.393 e. The number of hydrogen-bond donors (Lipinski definition) is 2. The van der Waals surface area contributed by atoms with Gasteiger partial charge in [-0.1, -0.05) is 104 Å². The minimum Gasteiger partial charge on any atom is -0.351 e. The quantitative estimate of drug-likeness (QED) is 0.116. The lowest BCUT2D eigenvalue weighted by Gasteiger charge is -2.31. The number of halogens is 6. The summed E-state index contributed by atoms with van der Waals surface area (Å²) in [6, 6.07) is 0. The largest absolute Gasteiger partial charge is 0.393 e. The molecule has 0 spiro atoms. The molecule has 0 atom stereocenters. The number of nitrogens with one attached hydrogen (secondary N) is 2. The monoisotopic (exact) mass is 518 g/mol. The molecule has 0 aliphatic heterocycles. The zero-order valence-corrected chi connectivity index (χ0v) is 21.3. The fraction of sp³-hybridized carbons (Fsp3) is 0.920. The first-order chi connectivity index (χ1) is 16.5. The van der Waals surface area contributed by atoms with Crippen LogP contribution in [0.4, 0.5) is 26.3 Å². The first-order valence-electron chi connectivity index (χ1n) is 13.2. The molecule has 35 heavy (non-hydrogen) atoms. The Labute approximate surface area is 206 Å². The van der Waals surface area contributed by atoms with Gasteiger partial charge in [-0.05, 0) is 12.8 Å². The zero-order valence-electron chi connectivity index (χ0n) is 21.3. The topological polar surface area (TPSA) is 58.2 Å². The van der Waals surface area contributed by atoms with Gasteiger partial charge in [0.2, 0.25) is 0 Å². The zero-order chi connectivity index (χ0) is 26.8. The Bertz CT molecular complexity index is 540. The summed E-state index contributed by atoms with van der Waals surface area (Å²) in [4.78, 5) is 23.2. The highest BCUT2D eigenvalue weighted by atomic mass is 19.3. The van der Waals surface area contributed by atoms with Gasteiger partial charge in [0, 0.05) is 13.1 Å². The predicted molar refractivity (Wildman–Crippen MR) is 126 cm³/mol. The van der Waals surface area contributed by atoms with Crippen LogP contribution in [0.2, 0.25) is 0 Å². The molecule has 0 aliphatic rings. The van der Waals surface area contributed by atoms with Crippen LogP contribution in [0.1, 0.15) is 117 Å². The van der Waals surface area contributed by atoms with Crippen LogP contribution in [0.15, 0.2) is 0 Å². The second-order valence-corrected chi connectivity index (χ2v) is 9.18. The molecular formula is C25H44F6N2O2. The average molecular weight is 519 g/mol.